The van der Waals surface area contributed by atoms with Crippen LogP contribution >= 0.6 is 0 Å². The number of benzene rings is 2. The lowest BCUT2D eigenvalue weighted by Crippen LogP contribution is -2.34. The minimum Gasteiger partial charge on any atom is -0.384 e. The molecule has 1 amide bonds. The number of hydrogen-bond donors (Lipinski definition) is 2. The second-order valence-corrected chi connectivity index (χ2v) is 7.46. The number of amides is 1. The number of aliphatic imine (C=N–C) groups is 1. The number of hydrogen-bond acceptors (Lipinski definition) is 3. The highest BCUT2D eigenvalue weighted by Crippen LogP contribution is 2.23. The number of carbonyl (C=O) groups is 1. The van der Waals surface area contributed by atoms with Crippen LogP contribution in [0.15, 0.2) is 83.9 Å². The van der Waals surface area contributed by atoms with Gasteiger partial charge in [0.15, 0.2) is 0 Å². The molecule has 0 aliphatic carbocycles. The van der Waals surface area contributed by atoms with Crippen molar-refractivity contribution in [2.45, 2.75) is 13.5 Å². The van der Waals surface area contributed by atoms with Crippen molar-refractivity contribution in [2.75, 3.05) is 20.1 Å². The second-order valence-electron chi connectivity index (χ2n) is 7.46. The van der Waals surface area contributed by atoms with E-state index in [0.717, 1.165) is 22.0 Å². The molecule has 0 aliphatic heterocycles. The van der Waals surface area contributed by atoms with Crippen LogP contribution in [-0.2, 0) is 6.54 Å². The second kappa shape index (κ2) is 10.4. The maximum Gasteiger partial charge on any atom is 0.270 e. The molecular weight excluding hydrogens is 398 g/mol. The fraction of sp³-hybridized carbons (Fsp3) is 0.192. The summed E-state index contributed by atoms with van der Waals surface area (Å²) >= 11 is 0. The van der Waals surface area contributed by atoms with Crippen LogP contribution in [0.4, 0.5) is 0 Å². The van der Waals surface area contributed by atoms with Gasteiger partial charge in [0.25, 0.3) is 5.91 Å². The number of nitrogens with two attached hydrogens (primary N) is 1. The number of nitrogens with zero attached hydrogens (tertiary/aromatic N) is 3. The first-order valence-electron chi connectivity index (χ1n) is 10.5. The Morgan fingerprint density at radius 3 is 2.69 bits per heavy atom. The van der Waals surface area contributed by atoms with Crippen LogP contribution in [0, 0.1) is 5.41 Å². The van der Waals surface area contributed by atoms with Crippen LogP contribution in [-0.4, -0.2) is 47.6 Å². The average Bonchev–Trinajstić information content (AvgIpc) is 3.17. The Kier molecular flexibility index (Phi) is 7.39. The standard InChI is InChI=1S/C26H29N5O/c1-4-19(13-14-29-3)17-30(5-2)26(32)24-16-21-10-6-7-12-23(21)31(24)18-20-9-8-11-22(15-20)25(27)28/h4,6-16H,1,5,17-18H2,2-3H3,(H3,27,28)/b19-13+,29-14?. The van der Waals surface area contributed by atoms with Gasteiger partial charge in [0.1, 0.15) is 11.5 Å². The Morgan fingerprint density at radius 1 is 1.22 bits per heavy atom. The normalized spacial score (nSPS) is 11.8. The van der Waals surface area contributed by atoms with Crippen molar-refractivity contribution >= 4 is 28.9 Å². The van der Waals surface area contributed by atoms with E-state index in [-0.39, 0.29) is 11.7 Å². The maximum absolute atomic E-state index is 13.6. The summed E-state index contributed by atoms with van der Waals surface area (Å²) in [7, 11) is 1.71. The van der Waals surface area contributed by atoms with Crippen molar-refractivity contribution in [3.05, 3.63) is 95.7 Å². The Labute approximate surface area is 188 Å². The highest BCUT2D eigenvalue weighted by atomic mass is 16.2. The number of nitrogens with one attached hydrogen (secondary N) is 1. The van der Waals surface area contributed by atoms with E-state index in [1.54, 1.807) is 24.2 Å². The molecule has 164 valence electrons. The van der Waals surface area contributed by atoms with E-state index in [2.05, 4.69) is 11.6 Å². The van der Waals surface area contributed by atoms with Gasteiger partial charge in [-0.25, -0.2) is 0 Å². The third-order valence-corrected chi connectivity index (χ3v) is 5.35. The Balaban J connectivity index is 2.02. The number of allylic oxidation sites excluding steroid dienone is 1. The summed E-state index contributed by atoms with van der Waals surface area (Å²) < 4.78 is 2.03. The van der Waals surface area contributed by atoms with Gasteiger partial charge in [0, 0.05) is 49.4 Å². The number of likely N-dealkylation sites (N-methyl/N-ethyl adjacent to an activating group) is 1. The van der Waals surface area contributed by atoms with E-state index < -0.39 is 0 Å². The Morgan fingerprint density at radius 2 is 2.00 bits per heavy atom. The van der Waals surface area contributed by atoms with Crippen LogP contribution in [0.25, 0.3) is 10.9 Å². The molecule has 3 aromatic rings. The molecule has 3 rings (SSSR count). The number of rotatable bonds is 9. The largest absolute Gasteiger partial charge is 0.384 e. The fourth-order valence-electron chi connectivity index (χ4n) is 3.64. The van der Waals surface area contributed by atoms with E-state index in [9.17, 15) is 4.79 Å². The number of fused-ring (bicyclic) bond motifs is 1. The quantitative estimate of drug-likeness (QED) is 0.304. The summed E-state index contributed by atoms with van der Waals surface area (Å²) in [6.07, 6.45) is 5.32. The molecule has 2 aromatic carbocycles. The fourth-order valence-corrected chi connectivity index (χ4v) is 3.64. The molecule has 0 atom stereocenters. The van der Waals surface area contributed by atoms with Gasteiger partial charge in [-0.3, -0.25) is 15.2 Å². The zero-order valence-corrected chi connectivity index (χ0v) is 18.6. The zero-order chi connectivity index (χ0) is 23.1. The molecular formula is C26H29N5O. The first kappa shape index (κ1) is 22.7. The van der Waals surface area contributed by atoms with Crippen LogP contribution in [0.5, 0.6) is 0 Å². The molecule has 0 radical (unpaired) electrons. The molecule has 6 nitrogen and oxygen atoms in total. The molecule has 0 fully saturated rings. The van der Waals surface area contributed by atoms with Crippen molar-refractivity contribution in [1.82, 2.24) is 9.47 Å². The maximum atomic E-state index is 13.6. The summed E-state index contributed by atoms with van der Waals surface area (Å²) in [4.78, 5) is 19.4. The van der Waals surface area contributed by atoms with E-state index in [4.69, 9.17) is 11.1 Å². The van der Waals surface area contributed by atoms with E-state index in [0.29, 0.717) is 30.9 Å². The summed E-state index contributed by atoms with van der Waals surface area (Å²) in [6.45, 7) is 7.35. The number of para-hydroxylation sites is 1. The third kappa shape index (κ3) is 5.03. The lowest BCUT2D eigenvalue weighted by atomic mass is 10.1. The van der Waals surface area contributed by atoms with Crippen LogP contribution in [0.3, 0.4) is 0 Å². The highest BCUT2D eigenvalue weighted by molar-refractivity contribution is 5.99. The average molecular weight is 428 g/mol. The van der Waals surface area contributed by atoms with Gasteiger partial charge in [0.2, 0.25) is 0 Å². The van der Waals surface area contributed by atoms with Crippen molar-refractivity contribution < 1.29 is 4.79 Å². The first-order chi connectivity index (χ1) is 15.5. The molecule has 3 N–H and O–H groups in total. The number of carbonyl (C=O) groups excluding carboxylic acids is 1. The lowest BCUT2D eigenvalue weighted by Gasteiger charge is -2.22. The Bertz CT molecular complexity index is 1200. The van der Waals surface area contributed by atoms with Crippen molar-refractivity contribution in [3.8, 4) is 0 Å². The van der Waals surface area contributed by atoms with E-state index in [1.807, 2.05) is 72.2 Å². The summed E-state index contributed by atoms with van der Waals surface area (Å²) in [5, 5.41) is 8.73. The van der Waals surface area contributed by atoms with Gasteiger partial charge in [-0.05, 0) is 42.3 Å². The van der Waals surface area contributed by atoms with Crippen molar-refractivity contribution in [2.24, 2.45) is 10.7 Å². The van der Waals surface area contributed by atoms with Crippen LogP contribution in [0.2, 0.25) is 0 Å². The minimum absolute atomic E-state index is 0.0250. The van der Waals surface area contributed by atoms with Crippen molar-refractivity contribution in [3.63, 3.8) is 0 Å². The third-order valence-electron chi connectivity index (χ3n) is 5.35. The summed E-state index contributed by atoms with van der Waals surface area (Å²) in [5.41, 5.74) is 9.83. The summed E-state index contributed by atoms with van der Waals surface area (Å²) in [5.74, 6) is -0.0235. The molecule has 6 heteroatoms. The molecule has 0 saturated carbocycles. The molecule has 32 heavy (non-hydrogen) atoms. The van der Waals surface area contributed by atoms with Gasteiger partial charge in [-0.2, -0.15) is 0 Å². The highest BCUT2D eigenvalue weighted by Gasteiger charge is 2.21. The first-order valence-corrected chi connectivity index (χ1v) is 10.5. The van der Waals surface area contributed by atoms with Gasteiger partial charge < -0.3 is 15.2 Å². The van der Waals surface area contributed by atoms with Crippen LogP contribution in [0.1, 0.15) is 28.5 Å². The Hall–Kier alpha value is -3.93. The number of aromatic nitrogens is 1. The minimum atomic E-state index is -0.0485. The van der Waals surface area contributed by atoms with Gasteiger partial charge in [0.05, 0.1) is 0 Å². The topological polar surface area (TPSA) is 87.5 Å². The monoisotopic (exact) mass is 427 g/mol. The van der Waals surface area contributed by atoms with Gasteiger partial charge >= 0.3 is 0 Å². The number of nitrogen functional groups attached to an aromatic ring is 1. The smallest absolute Gasteiger partial charge is 0.270 e. The predicted octanol–water partition coefficient (Wildman–Crippen LogP) is 4.25. The predicted molar refractivity (Wildman–Crippen MR) is 133 cm³/mol. The molecule has 0 spiro atoms. The molecule has 0 unspecified atom stereocenters. The molecule has 1 heterocycles. The van der Waals surface area contributed by atoms with Crippen LogP contribution < -0.4 is 5.73 Å². The number of amidine groups is 1. The molecule has 0 aliphatic rings. The molecule has 0 bridgehead atoms. The van der Waals surface area contributed by atoms with E-state index in [1.165, 1.54) is 0 Å². The van der Waals surface area contributed by atoms with Gasteiger partial charge in [-0.1, -0.05) is 49.1 Å². The molecule has 1 aromatic heterocycles. The van der Waals surface area contributed by atoms with Gasteiger partial charge in [-0.15, -0.1) is 0 Å². The molecule has 0 saturated heterocycles. The summed E-state index contributed by atoms with van der Waals surface area (Å²) in [6, 6.07) is 17.5. The lowest BCUT2D eigenvalue weighted by molar-refractivity contribution is 0.0769. The zero-order valence-electron chi connectivity index (χ0n) is 18.6. The van der Waals surface area contributed by atoms with Crippen molar-refractivity contribution in [1.29, 1.82) is 5.41 Å². The SMILES string of the molecule is C=C/C(=C\C=NC)CN(CC)C(=O)c1cc2ccccc2n1Cc1cccc(C(=N)N)c1. The van der Waals surface area contributed by atoms with E-state index >= 15 is 0 Å².